The van der Waals surface area contributed by atoms with Gasteiger partial charge >= 0.3 is 0 Å². The number of rotatable bonds is 7. The third-order valence-corrected chi connectivity index (χ3v) is 3.53. The van der Waals surface area contributed by atoms with Crippen molar-refractivity contribution in [1.29, 1.82) is 0 Å². The molecule has 0 radical (unpaired) electrons. The zero-order valence-electron chi connectivity index (χ0n) is 14.3. The highest BCUT2D eigenvalue weighted by Gasteiger charge is 2.14. The molecule has 6 heteroatoms. The van der Waals surface area contributed by atoms with E-state index in [1.807, 2.05) is 6.92 Å². The highest BCUT2D eigenvalue weighted by molar-refractivity contribution is 5.94. The van der Waals surface area contributed by atoms with Crippen LogP contribution in [0.1, 0.15) is 20.3 Å². The van der Waals surface area contributed by atoms with Crippen LogP contribution in [0.15, 0.2) is 48.5 Å². The molecule has 0 saturated heterocycles. The highest BCUT2D eigenvalue weighted by Crippen LogP contribution is 2.20. The number of carbonyl (C=O) groups excluding carboxylic acids is 2. The first kappa shape index (κ1) is 18.4. The lowest BCUT2D eigenvalue weighted by Crippen LogP contribution is -2.31. The minimum atomic E-state index is -0.365. The number of halogens is 1. The second-order valence-electron chi connectivity index (χ2n) is 5.40. The normalized spacial score (nSPS) is 10.2. The van der Waals surface area contributed by atoms with Crippen molar-refractivity contribution in [2.24, 2.45) is 0 Å². The summed E-state index contributed by atoms with van der Waals surface area (Å²) in [6, 6.07) is 12.7. The number of nitrogens with one attached hydrogen (secondary N) is 1. The summed E-state index contributed by atoms with van der Waals surface area (Å²) < 4.78 is 18.2. The number of benzene rings is 2. The number of hydrogen-bond acceptors (Lipinski definition) is 3. The molecule has 0 aromatic heterocycles. The topological polar surface area (TPSA) is 58.6 Å². The number of anilines is 2. The molecule has 5 nitrogen and oxygen atoms in total. The number of ether oxygens (including phenoxy) is 1. The lowest BCUT2D eigenvalue weighted by molar-refractivity contribution is -0.117. The van der Waals surface area contributed by atoms with Gasteiger partial charge in [-0.1, -0.05) is 0 Å². The Labute approximate surface area is 146 Å². The molecule has 25 heavy (non-hydrogen) atoms. The van der Waals surface area contributed by atoms with Gasteiger partial charge in [0.25, 0.3) is 0 Å². The van der Waals surface area contributed by atoms with E-state index < -0.39 is 0 Å². The van der Waals surface area contributed by atoms with Crippen molar-refractivity contribution >= 4 is 23.2 Å². The van der Waals surface area contributed by atoms with E-state index in [-0.39, 0.29) is 30.6 Å². The predicted octanol–water partition coefficient (Wildman–Crippen LogP) is 3.61. The summed E-state index contributed by atoms with van der Waals surface area (Å²) in [5, 5.41) is 2.68. The quantitative estimate of drug-likeness (QED) is 0.835. The van der Waals surface area contributed by atoms with E-state index in [0.717, 1.165) is 5.75 Å². The largest absolute Gasteiger partial charge is 0.494 e. The van der Waals surface area contributed by atoms with Crippen LogP contribution in [-0.2, 0) is 9.59 Å². The van der Waals surface area contributed by atoms with Crippen LogP contribution in [0, 0.1) is 5.82 Å². The molecule has 0 aliphatic rings. The Hall–Kier alpha value is -2.89. The van der Waals surface area contributed by atoms with Crippen molar-refractivity contribution in [3.63, 3.8) is 0 Å². The molecule has 0 atom stereocenters. The number of hydrogen-bond donors (Lipinski definition) is 1. The minimum absolute atomic E-state index is 0.129. The van der Waals surface area contributed by atoms with Crippen LogP contribution in [0.2, 0.25) is 0 Å². The molecular weight excluding hydrogens is 323 g/mol. The van der Waals surface area contributed by atoms with Gasteiger partial charge in [0.2, 0.25) is 11.8 Å². The molecule has 2 rings (SSSR count). The maximum atomic E-state index is 12.9. The Kier molecular flexibility index (Phi) is 6.51. The first-order valence-corrected chi connectivity index (χ1v) is 8.06. The Morgan fingerprint density at radius 3 is 2.28 bits per heavy atom. The van der Waals surface area contributed by atoms with Crippen LogP contribution < -0.4 is 15.0 Å². The van der Waals surface area contributed by atoms with Crippen LogP contribution in [0.3, 0.4) is 0 Å². The molecule has 2 amide bonds. The molecule has 0 unspecified atom stereocenters. The van der Waals surface area contributed by atoms with Crippen LogP contribution in [-0.4, -0.2) is 25.0 Å². The first-order valence-electron chi connectivity index (χ1n) is 8.06. The molecule has 0 bridgehead atoms. The maximum absolute atomic E-state index is 12.9. The summed E-state index contributed by atoms with van der Waals surface area (Å²) in [4.78, 5) is 25.4. The van der Waals surface area contributed by atoms with Gasteiger partial charge in [-0.25, -0.2) is 4.39 Å². The van der Waals surface area contributed by atoms with Crippen molar-refractivity contribution < 1.29 is 18.7 Å². The van der Waals surface area contributed by atoms with E-state index in [2.05, 4.69) is 5.32 Å². The fraction of sp³-hybridized carbons (Fsp3) is 0.263. The summed E-state index contributed by atoms with van der Waals surface area (Å²) in [5.74, 6) is -0.0393. The van der Waals surface area contributed by atoms with Crippen molar-refractivity contribution in [2.45, 2.75) is 20.3 Å². The van der Waals surface area contributed by atoms with Crippen molar-refractivity contribution in [3.05, 3.63) is 54.3 Å². The van der Waals surface area contributed by atoms with E-state index in [9.17, 15) is 14.0 Å². The molecule has 0 aliphatic heterocycles. The van der Waals surface area contributed by atoms with Crippen LogP contribution in [0.4, 0.5) is 15.8 Å². The predicted molar refractivity (Wildman–Crippen MR) is 95.3 cm³/mol. The fourth-order valence-electron chi connectivity index (χ4n) is 2.33. The maximum Gasteiger partial charge on any atom is 0.226 e. The van der Waals surface area contributed by atoms with Crippen molar-refractivity contribution in [3.8, 4) is 5.75 Å². The summed E-state index contributed by atoms with van der Waals surface area (Å²) in [6.07, 6.45) is 0.129. The lowest BCUT2D eigenvalue weighted by Gasteiger charge is -2.21. The molecule has 132 valence electrons. The number of carbonyl (C=O) groups is 2. The second-order valence-corrected chi connectivity index (χ2v) is 5.40. The van der Waals surface area contributed by atoms with Gasteiger partial charge in [0.05, 0.1) is 6.61 Å². The third kappa shape index (κ3) is 5.60. The van der Waals surface area contributed by atoms with Gasteiger partial charge in [0.1, 0.15) is 11.6 Å². The van der Waals surface area contributed by atoms with Crippen LogP contribution >= 0.6 is 0 Å². The van der Waals surface area contributed by atoms with E-state index >= 15 is 0 Å². The number of nitrogens with zero attached hydrogens (tertiary/aromatic N) is 1. The van der Waals surface area contributed by atoms with Gasteiger partial charge in [0, 0.05) is 31.3 Å². The summed E-state index contributed by atoms with van der Waals surface area (Å²) in [7, 11) is 0. The highest BCUT2D eigenvalue weighted by atomic mass is 19.1. The average molecular weight is 344 g/mol. The molecule has 0 aliphatic carbocycles. The van der Waals surface area contributed by atoms with E-state index in [1.54, 1.807) is 24.3 Å². The SMILES string of the molecule is CCOc1ccc(N(CCC(=O)Nc2ccc(F)cc2)C(C)=O)cc1. The Bertz CT molecular complexity index is 714. The summed E-state index contributed by atoms with van der Waals surface area (Å²) >= 11 is 0. The zero-order chi connectivity index (χ0) is 18.2. The van der Waals surface area contributed by atoms with Gasteiger partial charge in [-0.2, -0.15) is 0 Å². The average Bonchev–Trinajstić information content (AvgIpc) is 2.58. The third-order valence-electron chi connectivity index (χ3n) is 3.53. The molecule has 2 aromatic carbocycles. The van der Waals surface area contributed by atoms with Crippen LogP contribution in [0.25, 0.3) is 0 Å². The molecular formula is C19H21FN2O3. The Morgan fingerprint density at radius 2 is 1.72 bits per heavy atom. The zero-order valence-corrected chi connectivity index (χ0v) is 14.3. The molecule has 0 saturated carbocycles. The molecule has 0 spiro atoms. The second kappa shape index (κ2) is 8.82. The lowest BCUT2D eigenvalue weighted by atomic mass is 10.2. The van der Waals surface area contributed by atoms with E-state index in [1.165, 1.54) is 36.1 Å². The van der Waals surface area contributed by atoms with Gasteiger partial charge in [-0.15, -0.1) is 0 Å². The monoisotopic (exact) mass is 344 g/mol. The summed E-state index contributed by atoms with van der Waals surface area (Å²) in [6.45, 7) is 4.17. The van der Waals surface area contributed by atoms with Crippen molar-refractivity contribution in [1.82, 2.24) is 0 Å². The smallest absolute Gasteiger partial charge is 0.226 e. The first-order chi connectivity index (χ1) is 12.0. The van der Waals surface area contributed by atoms with E-state index in [4.69, 9.17) is 4.74 Å². The van der Waals surface area contributed by atoms with Crippen molar-refractivity contribution in [2.75, 3.05) is 23.4 Å². The fourth-order valence-corrected chi connectivity index (χ4v) is 2.33. The molecule has 0 heterocycles. The summed E-state index contributed by atoms with van der Waals surface area (Å²) in [5.41, 5.74) is 1.22. The Balaban J connectivity index is 1.95. The van der Waals surface area contributed by atoms with Gasteiger partial charge < -0.3 is 15.0 Å². The minimum Gasteiger partial charge on any atom is -0.494 e. The van der Waals surface area contributed by atoms with E-state index in [0.29, 0.717) is 18.0 Å². The van der Waals surface area contributed by atoms with Gasteiger partial charge in [-0.05, 0) is 55.5 Å². The van der Waals surface area contributed by atoms with Gasteiger partial charge in [-0.3, -0.25) is 9.59 Å². The Morgan fingerprint density at radius 1 is 1.08 bits per heavy atom. The van der Waals surface area contributed by atoms with Crippen LogP contribution in [0.5, 0.6) is 5.75 Å². The molecule has 1 N–H and O–H groups in total. The molecule has 0 fully saturated rings. The molecule has 2 aromatic rings. The number of amides is 2. The standard InChI is InChI=1S/C19H21FN2O3/c1-3-25-18-10-8-17(9-11-18)22(14(2)23)13-12-19(24)21-16-6-4-15(20)5-7-16/h4-11H,3,12-13H2,1-2H3,(H,21,24). The van der Waals surface area contributed by atoms with Gasteiger partial charge in [0.15, 0.2) is 0 Å².